The zero-order valence-corrected chi connectivity index (χ0v) is 11.8. The number of hydrogen-bond donors (Lipinski definition) is 1. The molecular formula is C15H30O2. The van der Waals surface area contributed by atoms with Gasteiger partial charge in [0.25, 0.3) is 0 Å². The summed E-state index contributed by atoms with van der Waals surface area (Å²) in [6.07, 6.45) is 12.0. The van der Waals surface area contributed by atoms with E-state index >= 15 is 0 Å². The van der Waals surface area contributed by atoms with Gasteiger partial charge in [-0.3, -0.25) is 0 Å². The third-order valence-electron chi connectivity index (χ3n) is 2.96. The molecular weight excluding hydrogens is 212 g/mol. The molecule has 2 nitrogen and oxygen atoms in total. The highest BCUT2D eigenvalue weighted by Crippen LogP contribution is 2.15. The zero-order chi connectivity index (χ0) is 12.9. The zero-order valence-electron chi connectivity index (χ0n) is 11.8. The lowest BCUT2D eigenvalue weighted by atomic mass is 9.97. The van der Waals surface area contributed by atoms with Crippen molar-refractivity contribution in [1.82, 2.24) is 0 Å². The maximum atomic E-state index is 8.96. The Morgan fingerprint density at radius 1 is 1.06 bits per heavy atom. The molecule has 0 fully saturated rings. The van der Waals surface area contributed by atoms with Crippen molar-refractivity contribution in [3.05, 3.63) is 12.3 Å². The monoisotopic (exact) mass is 242 g/mol. The Kier molecular flexibility index (Phi) is 11.6. The third kappa shape index (κ3) is 13.4. The van der Waals surface area contributed by atoms with Crippen molar-refractivity contribution in [2.45, 2.75) is 71.8 Å². The SMILES string of the molecule is CCCCCC(C)CCCCO/C=C/C(C)O. The Hall–Kier alpha value is -0.500. The number of hydrogen-bond acceptors (Lipinski definition) is 2. The summed E-state index contributed by atoms with van der Waals surface area (Å²) in [5.41, 5.74) is 0. The molecule has 0 aromatic carbocycles. The van der Waals surface area contributed by atoms with Gasteiger partial charge in [-0.25, -0.2) is 0 Å². The first-order valence-electron chi connectivity index (χ1n) is 7.13. The average Bonchev–Trinajstić information content (AvgIpc) is 2.28. The molecule has 0 heterocycles. The molecule has 17 heavy (non-hydrogen) atoms. The van der Waals surface area contributed by atoms with Crippen LogP contribution in [-0.4, -0.2) is 17.8 Å². The predicted octanol–water partition coefficient (Wildman–Crippen LogP) is 4.28. The van der Waals surface area contributed by atoms with E-state index in [1.807, 2.05) is 0 Å². The average molecular weight is 242 g/mol. The highest BCUT2D eigenvalue weighted by molar-refractivity contribution is 4.79. The summed E-state index contributed by atoms with van der Waals surface area (Å²) in [4.78, 5) is 0. The van der Waals surface area contributed by atoms with Crippen molar-refractivity contribution in [3.63, 3.8) is 0 Å². The van der Waals surface area contributed by atoms with Crippen LogP contribution in [0.2, 0.25) is 0 Å². The van der Waals surface area contributed by atoms with E-state index in [9.17, 15) is 0 Å². The van der Waals surface area contributed by atoms with E-state index in [4.69, 9.17) is 9.84 Å². The second-order valence-corrected chi connectivity index (χ2v) is 5.04. The van der Waals surface area contributed by atoms with Crippen molar-refractivity contribution >= 4 is 0 Å². The maximum absolute atomic E-state index is 8.96. The van der Waals surface area contributed by atoms with E-state index in [1.54, 1.807) is 19.3 Å². The molecule has 0 aromatic heterocycles. The molecule has 0 amide bonds. The van der Waals surface area contributed by atoms with Gasteiger partial charge in [0.15, 0.2) is 0 Å². The van der Waals surface area contributed by atoms with Gasteiger partial charge in [0.2, 0.25) is 0 Å². The standard InChI is InChI=1S/C15H30O2/c1-4-5-6-9-14(2)10-7-8-12-17-13-11-15(3)16/h11,13-16H,4-10,12H2,1-3H3/b13-11+. The molecule has 2 atom stereocenters. The quantitative estimate of drug-likeness (QED) is 0.433. The second-order valence-electron chi connectivity index (χ2n) is 5.04. The number of ether oxygens (including phenoxy) is 1. The van der Waals surface area contributed by atoms with Crippen LogP contribution in [0.1, 0.15) is 65.7 Å². The van der Waals surface area contributed by atoms with Gasteiger partial charge in [-0.2, -0.15) is 0 Å². The fourth-order valence-electron chi connectivity index (χ4n) is 1.80. The van der Waals surface area contributed by atoms with E-state index in [1.165, 1.54) is 38.5 Å². The van der Waals surface area contributed by atoms with Crippen molar-refractivity contribution in [3.8, 4) is 0 Å². The third-order valence-corrected chi connectivity index (χ3v) is 2.96. The summed E-state index contributed by atoms with van der Waals surface area (Å²) >= 11 is 0. The molecule has 0 aliphatic heterocycles. The van der Waals surface area contributed by atoms with E-state index in [-0.39, 0.29) is 0 Å². The van der Waals surface area contributed by atoms with Gasteiger partial charge >= 0.3 is 0 Å². The molecule has 1 N–H and O–H groups in total. The van der Waals surface area contributed by atoms with Crippen LogP contribution in [-0.2, 0) is 4.74 Å². The maximum Gasteiger partial charge on any atom is 0.0873 e. The van der Waals surface area contributed by atoms with Crippen LogP contribution in [0.3, 0.4) is 0 Å². The summed E-state index contributed by atoms with van der Waals surface area (Å²) in [7, 11) is 0. The van der Waals surface area contributed by atoms with E-state index in [2.05, 4.69) is 13.8 Å². The van der Waals surface area contributed by atoms with Crippen molar-refractivity contribution in [2.24, 2.45) is 5.92 Å². The number of rotatable bonds is 11. The lowest BCUT2D eigenvalue weighted by molar-refractivity contribution is 0.215. The van der Waals surface area contributed by atoms with Gasteiger partial charge in [0.1, 0.15) is 0 Å². The minimum absolute atomic E-state index is 0.409. The van der Waals surface area contributed by atoms with Crippen LogP contribution < -0.4 is 0 Å². The summed E-state index contributed by atoms with van der Waals surface area (Å²) in [5.74, 6) is 0.856. The predicted molar refractivity (Wildman–Crippen MR) is 73.9 cm³/mol. The molecule has 102 valence electrons. The number of unbranched alkanes of at least 4 members (excludes halogenated alkanes) is 3. The Labute approximate surface area is 107 Å². The Morgan fingerprint density at radius 2 is 1.71 bits per heavy atom. The summed E-state index contributed by atoms with van der Waals surface area (Å²) in [6.45, 7) is 7.09. The highest BCUT2D eigenvalue weighted by Gasteiger charge is 2.01. The molecule has 0 rings (SSSR count). The molecule has 0 aliphatic carbocycles. The van der Waals surface area contributed by atoms with Gasteiger partial charge in [-0.15, -0.1) is 0 Å². The number of aliphatic hydroxyl groups is 1. The van der Waals surface area contributed by atoms with Crippen LogP contribution in [0.15, 0.2) is 12.3 Å². The summed E-state index contributed by atoms with van der Waals surface area (Å²) in [6, 6.07) is 0. The van der Waals surface area contributed by atoms with Crippen LogP contribution >= 0.6 is 0 Å². The molecule has 2 unspecified atom stereocenters. The molecule has 2 heteroatoms. The number of aliphatic hydroxyl groups excluding tert-OH is 1. The minimum atomic E-state index is -0.409. The Morgan fingerprint density at radius 3 is 2.29 bits per heavy atom. The van der Waals surface area contributed by atoms with Crippen LogP contribution in [0.5, 0.6) is 0 Å². The van der Waals surface area contributed by atoms with Crippen LogP contribution in [0.25, 0.3) is 0 Å². The fraction of sp³-hybridized carbons (Fsp3) is 0.867. The van der Waals surface area contributed by atoms with E-state index in [0.717, 1.165) is 18.9 Å². The summed E-state index contributed by atoms with van der Waals surface area (Å²) < 4.78 is 5.28. The van der Waals surface area contributed by atoms with Crippen molar-refractivity contribution < 1.29 is 9.84 Å². The fourth-order valence-corrected chi connectivity index (χ4v) is 1.80. The molecule has 0 bridgehead atoms. The van der Waals surface area contributed by atoms with Gasteiger partial charge in [-0.05, 0) is 31.8 Å². The normalized spacial score (nSPS) is 15.1. The molecule has 0 aromatic rings. The van der Waals surface area contributed by atoms with Gasteiger partial charge in [0, 0.05) is 0 Å². The van der Waals surface area contributed by atoms with Crippen LogP contribution in [0.4, 0.5) is 0 Å². The minimum Gasteiger partial charge on any atom is -0.501 e. The Bertz CT molecular complexity index is 176. The molecule has 0 aliphatic rings. The first-order valence-corrected chi connectivity index (χ1v) is 7.13. The molecule has 0 spiro atoms. The van der Waals surface area contributed by atoms with Gasteiger partial charge < -0.3 is 9.84 Å². The molecule has 0 radical (unpaired) electrons. The summed E-state index contributed by atoms with van der Waals surface area (Å²) in [5, 5.41) is 8.96. The lowest BCUT2D eigenvalue weighted by Crippen LogP contribution is -1.97. The van der Waals surface area contributed by atoms with E-state index in [0.29, 0.717) is 0 Å². The molecule has 0 saturated heterocycles. The Balaban J connectivity index is 3.21. The first-order chi connectivity index (χ1) is 8.16. The van der Waals surface area contributed by atoms with Gasteiger partial charge in [0.05, 0.1) is 19.0 Å². The first kappa shape index (κ1) is 16.5. The highest BCUT2D eigenvalue weighted by atomic mass is 16.5. The van der Waals surface area contributed by atoms with Crippen LogP contribution in [0, 0.1) is 5.92 Å². The molecule has 0 saturated carbocycles. The van der Waals surface area contributed by atoms with Crippen molar-refractivity contribution in [1.29, 1.82) is 0 Å². The topological polar surface area (TPSA) is 29.5 Å². The van der Waals surface area contributed by atoms with Gasteiger partial charge in [-0.1, -0.05) is 46.0 Å². The largest absolute Gasteiger partial charge is 0.501 e. The van der Waals surface area contributed by atoms with Crippen molar-refractivity contribution in [2.75, 3.05) is 6.61 Å². The van der Waals surface area contributed by atoms with E-state index < -0.39 is 6.10 Å². The smallest absolute Gasteiger partial charge is 0.0873 e. The lowest BCUT2D eigenvalue weighted by Gasteiger charge is -2.10. The second kappa shape index (κ2) is 12.0.